The number of alkyl halides is 3. The van der Waals surface area contributed by atoms with E-state index in [-0.39, 0.29) is 28.1 Å². The average Bonchev–Trinajstić information content (AvgIpc) is 3.32. The zero-order valence-electron chi connectivity index (χ0n) is 19.8. The van der Waals surface area contributed by atoms with Crippen LogP contribution in [0.1, 0.15) is 40.3 Å². The average molecular weight is 575 g/mol. The van der Waals surface area contributed by atoms with Crippen LogP contribution in [0.2, 0.25) is 0 Å². The van der Waals surface area contributed by atoms with Crippen molar-refractivity contribution in [2.75, 3.05) is 10.6 Å². The van der Waals surface area contributed by atoms with Gasteiger partial charge in [-0.3, -0.25) is 14.3 Å². The lowest BCUT2D eigenvalue weighted by Gasteiger charge is -2.33. The van der Waals surface area contributed by atoms with Crippen molar-refractivity contribution in [1.82, 2.24) is 19.1 Å². The molecule has 1 aliphatic rings. The number of hydrogen-bond acceptors (Lipinski definition) is 4. The Morgan fingerprint density at radius 3 is 2.35 bits per heavy atom. The summed E-state index contributed by atoms with van der Waals surface area (Å²) in [5.41, 5.74) is 1.02. The second-order valence-electron chi connectivity index (χ2n) is 8.75. The van der Waals surface area contributed by atoms with Gasteiger partial charge < -0.3 is 10.6 Å². The molecule has 2 aromatic heterocycles. The maximum atomic E-state index is 14.1. The van der Waals surface area contributed by atoms with Gasteiger partial charge in [0.25, 0.3) is 11.5 Å². The van der Waals surface area contributed by atoms with E-state index in [1.165, 1.54) is 4.68 Å². The van der Waals surface area contributed by atoms with Gasteiger partial charge in [0.1, 0.15) is 11.5 Å². The van der Waals surface area contributed by atoms with Gasteiger partial charge in [-0.1, -0.05) is 48.5 Å². The highest BCUT2D eigenvalue weighted by Crippen LogP contribution is 2.46. The maximum absolute atomic E-state index is 14.1. The van der Waals surface area contributed by atoms with E-state index in [0.717, 1.165) is 4.68 Å². The van der Waals surface area contributed by atoms with Gasteiger partial charge in [-0.2, -0.15) is 18.3 Å². The quantitative estimate of drug-likeness (QED) is 0.344. The fourth-order valence-electron chi connectivity index (χ4n) is 4.52. The Kier molecular flexibility index (Phi) is 6.22. The van der Waals surface area contributed by atoms with Crippen LogP contribution in [0.5, 0.6) is 0 Å². The van der Waals surface area contributed by atoms with Crippen molar-refractivity contribution in [3.8, 4) is 5.69 Å². The number of hydrogen-bond donors (Lipinski definition) is 2. The fourth-order valence-corrected chi connectivity index (χ4v) is 5.08. The number of amides is 1. The summed E-state index contributed by atoms with van der Waals surface area (Å²) >= 11 is 3.28. The van der Waals surface area contributed by atoms with Crippen molar-refractivity contribution in [3.05, 3.63) is 92.4 Å². The lowest BCUT2D eigenvalue weighted by Crippen LogP contribution is -2.35. The third-order valence-electron chi connectivity index (χ3n) is 6.51. The minimum atomic E-state index is -4.59. The van der Waals surface area contributed by atoms with Crippen molar-refractivity contribution in [1.29, 1.82) is 0 Å². The number of rotatable bonds is 4. The predicted molar refractivity (Wildman–Crippen MR) is 136 cm³/mol. The van der Waals surface area contributed by atoms with Crippen LogP contribution < -0.4 is 16.2 Å². The van der Waals surface area contributed by atoms with E-state index in [4.69, 9.17) is 0 Å². The van der Waals surface area contributed by atoms with E-state index in [9.17, 15) is 22.8 Å². The van der Waals surface area contributed by atoms with E-state index in [0.29, 0.717) is 16.9 Å². The smallest absolute Gasteiger partial charge is 0.362 e. The van der Waals surface area contributed by atoms with Crippen LogP contribution in [0, 0.1) is 6.92 Å². The number of carbonyl (C=O) groups is 1. The minimum Gasteiger partial charge on any atom is -0.362 e. The van der Waals surface area contributed by atoms with Gasteiger partial charge in [-0.15, -0.1) is 0 Å². The Labute approximate surface area is 217 Å². The molecule has 0 bridgehead atoms. The van der Waals surface area contributed by atoms with Gasteiger partial charge in [0.05, 0.1) is 21.9 Å². The van der Waals surface area contributed by atoms with Crippen LogP contribution >= 0.6 is 15.9 Å². The molecule has 12 heteroatoms. The lowest BCUT2D eigenvalue weighted by atomic mass is 9.97. The molecular weight excluding hydrogens is 553 g/mol. The van der Waals surface area contributed by atoms with Crippen LogP contribution in [0.15, 0.2) is 69.9 Å². The van der Waals surface area contributed by atoms with Crippen LogP contribution in [-0.4, -0.2) is 31.2 Å². The second kappa shape index (κ2) is 9.25. The molecule has 8 nitrogen and oxygen atoms in total. The summed E-state index contributed by atoms with van der Waals surface area (Å²) in [6.45, 7) is 1.66. The molecule has 37 heavy (non-hydrogen) atoms. The number of para-hydroxylation sites is 1. The molecule has 0 aliphatic carbocycles. The Morgan fingerprint density at radius 2 is 1.73 bits per heavy atom. The van der Waals surface area contributed by atoms with Crippen molar-refractivity contribution >= 4 is 33.3 Å². The molecule has 1 amide bonds. The van der Waals surface area contributed by atoms with Gasteiger partial charge in [0.2, 0.25) is 0 Å². The highest BCUT2D eigenvalue weighted by atomic mass is 79.9. The van der Waals surface area contributed by atoms with E-state index in [1.807, 2.05) is 6.07 Å². The van der Waals surface area contributed by atoms with Gasteiger partial charge in [0.15, 0.2) is 11.7 Å². The van der Waals surface area contributed by atoms with E-state index < -0.39 is 29.7 Å². The first-order chi connectivity index (χ1) is 17.6. The van der Waals surface area contributed by atoms with Crippen molar-refractivity contribution in [2.45, 2.75) is 31.6 Å². The number of anilines is 2. The van der Waals surface area contributed by atoms with E-state index >= 15 is 0 Å². The Hall–Kier alpha value is -3.80. The SMILES string of the molecule is Cc1c(NC(=O)c2nn3c(c2Br)N[C@@H](c2ccccc2)C[C@@H]3C(F)(F)F)c(=O)n(-c2ccccc2)n1C. The molecular formula is C25H22BrF3N6O2. The number of benzene rings is 2. The normalized spacial score (nSPS) is 17.2. The summed E-state index contributed by atoms with van der Waals surface area (Å²) in [6.07, 6.45) is -4.89. The molecule has 0 saturated carbocycles. The monoisotopic (exact) mass is 574 g/mol. The Balaban J connectivity index is 1.52. The number of aromatic nitrogens is 4. The van der Waals surface area contributed by atoms with Gasteiger partial charge in [-0.25, -0.2) is 9.36 Å². The first-order valence-electron chi connectivity index (χ1n) is 11.4. The number of carbonyl (C=O) groups excluding carboxylic acids is 1. The summed E-state index contributed by atoms with van der Waals surface area (Å²) in [5, 5.41) is 9.68. The molecule has 192 valence electrons. The predicted octanol–water partition coefficient (Wildman–Crippen LogP) is 5.36. The Bertz CT molecular complexity index is 1530. The van der Waals surface area contributed by atoms with Gasteiger partial charge in [-0.05, 0) is 40.5 Å². The van der Waals surface area contributed by atoms with Crippen LogP contribution in [0.3, 0.4) is 0 Å². The molecule has 3 heterocycles. The largest absolute Gasteiger partial charge is 0.410 e. The molecule has 5 rings (SSSR count). The molecule has 4 aromatic rings. The van der Waals surface area contributed by atoms with Crippen LogP contribution in [0.4, 0.5) is 24.7 Å². The molecule has 2 atom stereocenters. The summed E-state index contributed by atoms with van der Waals surface area (Å²) in [7, 11) is 1.67. The number of halogens is 4. The van der Waals surface area contributed by atoms with E-state index in [1.54, 1.807) is 73.3 Å². The number of nitrogens with one attached hydrogen (secondary N) is 2. The second-order valence-corrected chi connectivity index (χ2v) is 9.54. The third kappa shape index (κ3) is 4.35. The minimum absolute atomic E-state index is 0.0108. The molecule has 2 N–H and O–H groups in total. The summed E-state index contributed by atoms with van der Waals surface area (Å²) < 4.78 is 46.0. The maximum Gasteiger partial charge on any atom is 0.410 e. The highest BCUT2D eigenvalue weighted by Gasteiger charge is 2.47. The van der Waals surface area contributed by atoms with Crippen LogP contribution in [0.25, 0.3) is 5.69 Å². The van der Waals surface area contributed by atoms with Crippen LogP contribution in [-0.2, 0) is 7.05 Å². The van der Waals surface area contributed by atoms with Gasteiger partial charge >= 0.3 is 6.18 Å². The fraction of sp³-hybridized carbons (Fsp3) is 0.240. The molecule has 0 radical (unpaired) electrons. The zero-order chi connectivity index (χ0) is 26.5. The summed E-state index contributed by atoms with van der Waals surface area (Å²) in [5.74, 6) is -0.766. The number of fused-ring (bicyclic) bond motifs is 1. The molecule has 0 unspecified atom stereocenters. The first kappa shape index (κ1) is 24.9. The van der Waals surface area contributed by atoms with E-state index in [2.05, 4.69) is 31.7 Å². The Morgan fingerprint density at radius 1 is 1.11 bits per heavy atom. The standard InChI is InChI=1S/C25H22BrF3N6O2/c1-14-20(24(37)35(33(14)2)16-11-7-4-8-12-16)31-23(36)21-19(26)22-30-17(15-9-5-3-6-10-15)13-18(25(27,28)29)34(22)32-21/h3-12,17-18,30H,13H2,1-2H3,(H,31,36)/t17-,18-/m1/s1. The topological polar surface area (TPSA) is 85.9 Å². The molecule has 0 fully saturated rings. The molecule has 1 aliphatic heterocycles. The summed E-state index contributed by atoms with van der Waals surface area (Å²) in [6, 6.07) is 15.1. The van der Waals surface area contributed by atoms with Crippen molar-refractivity contribution in [3.63, 3.8) is 0 Å². The zero-order valence-corrected chi connectivity index (χ0v) is 21.3. The first-order valence-corrected chi connectivity index (χ1v) is 12.2. The van der Waals surface area contributed by atoms with Crippen molar-refractivity contribution < 1.29 is 18.0 Å². The van der Waals surface area contributed by atoms with Crippen molar-refractivity contribution in [2.24, 2.45) is 7.05 Å². The molecule has 0 saturated heterocycles. The highest BCUT2D eigenvalue weighted by molar-refractivity contribution is 9.10. The third-order valence-corrected chi connectivity index (χ3v) is 7.26. The summed E-state index contributed by atoms with van der Waals surface area (Å²) in [4.78, 5) is 26.4. The number of nitrogens with zero attached hydrogens (tertiary/aromatic N) is 4. The van der Waals surface area contributed by atoms with Gasteiger partial charge in [0, 0.05) is 13.5 Å². The molecule has 2 aromatic carbocycles. The molecule has 0 spiro atoms. The lowest BCUT2D eigenvalue weighted by molar-refractivity contribution is -0.173.